The lowest BCUT2D eigenvalue weighted by molar-refractivity contribution is 0.288. The van der Waals surface area contributed by atoms with Gasteiger partial charge in [0.1, 0.15) is 5.82 Å². The van der Waals surface area contributed by atoms with E-state index in [2.05, 4.69) is 15.0 Å². The van der Waals surface area contributed by atoms with Gasteiger partial charge in [-0.15, -0.1) is 0 Å². The van der Waals surface area contributed by atoms with Crippen LogP contribution in [0.5, 0.6) is 11.5 Å². The molecule has 1 aromatic carbocycles. The molecule has 0 aliphatic rings. The molecule has 0 unspecified atom stereocenters. The van der Waals surface area contributed by atoms with Gasteiger partial charge in [0.05, 0.1) is 13.2 Å². The Morgan fingerprint density at radius 2 is 1.86 bits per heavy atom. The van der Waals surface area contributed by atoms with Crippen LogP contribution < -0.4 is 26.0 Å². The first-order chi connectivity index (χ1) is 10.5. The summed E-state index contributed by atoms with van der Waals surface area (Å²) in [5, 5.41) is 1.18. The first-order valence-electron chi connectivity index (χ1n) is 6.92. The number of aromatic nitrogens is 3. The SMILES string of the molecule is CCOc1ccc(-c2nc(N(C)N)nc(=O)[nH]2)cc1OCC. The van der Waals surface area contributed by atoms with E-state index in [4.69, 9.17) is 15.3 Å². The van der Waals surface area contributed by atoms with E-state index in [1.165, 1.54) is 5.01 Å². The van der Waals surface area contributed by atoms with Crippen LogP contribution in [0, 0.1) is 0 Å². The summed E-state index contributed by atoms with van der Waals surface area (Å²) in [5.74, 6) is 7.30. The second-order valence-electron chi connectivity index (χ2n) is 4.44. The third-order valence-corrected chi connectivity index (χ3v) is 2.77. The lowest BCUT2D eigenvalue weighted by Crippen LogP contribution is -2.30. The topological polar surface area (TPSA) is 106 Å². The zero-order valence-electron chi connectivity index (χ0n) is 12.8. The standard InChI is InChI=1S/C14H19N5O3/c1-4-21-10-7-6-9(8-11(10)22-5-2)12-16-13(19(3)15)18-14(20)17-12/h6-8H,4-5,15H2,1-3H3,(H,16,17,18,20). The maximum Gasteiger partial charge on any atom is 0.349 e. The number of nitrogens with one attached hydrogen (secondary N) is 1. The molecule has 0 amide bonds. The van der Waals surface area contributed by atoms with Gasteiger partial charge in [-0.05, 0) is 32.0 Å². The Bertz CT molecular complexity index is 699. The maximum atomic E-state index is 11.6. The Morgan fingerprint density at radius 1 is 1.18 bits per heavy atom. The molecule has 0 radical (unpaired) electrons. The number of hydrogen-bond donors (Lipinski definition) is 2. The molecule has 3 N–H and O–H groups in total. The molecule has 2 rings (SSSR count). The van der Waals surface area contributed by atoms with Crippen LogP contribution in [-0.4, -0.2) is 35.2 Å². The minimum atomic E-state index is -0.524. The summed E-state index contributed by atoms with van der Waals surface area (Å²) in [6.45, 7) is 4.82. The highest BCUT2D eigenvalue weighted by Gasteiger charge is 2.11. The highest BCUT2D eigenvalue weighted by Crippen LogP contribution is 2.31. The first kappa shape index (κ1) is 15.8. The van der Waals surface area contributed by atoms with Gasteiger partial charge in [0.25, 0.3) is 0 Å². The van der Waals surface area contributed by atoms with Crippen molar-refractivity contribution in [1.82, 2.24) is 15.0 Å². The molecule has 8 nitrogen and oxygen atoms in total. The van der Waals surface area contributed by atoms with E-state index in [1.54, 1.807) is 25.2 Å². The minimum Gasteiger partial charge on any atom is -0.490 e. The molecule has 2 aromatic rings. The quantitative estimate of drug-likeness (QED) is 0.604. The van der Waals surface area contributed by atoms with Crippen molar-refractivity contribution in [3.8, 4) is 22.9 Å². The molecule has 1 heterocycles. The fraction of sp³-hybridized carbons (Fsp3) is 0.357. The van der Waals surface area contributed by atoms with Crippen LogP contribution in [0.25, 0.3) is 11.4 Å². The zero-order valence-corrected chi connectivity index (χ0v) is 12.8. The normalized spacial score (nSPS) is 10.4. The Labute approximate surface area is 127 Å². The number of nitrogens with zero attached hydrogens (tertiary/aromatic N) is 3. The smallest absolute Gasteiger partial charge is 0.349 e. The average Bonchev–Trinajstić information content (AvgIpc) is 2.49. The average molecular weight is 305 g/mol. The number of rotatable bonds is 6. The second kappa shape index (κ2) is 6.90. The molecular formula is C14H19N5O3. The van der Waals surface area contributed by atoms with Gasteiger partial charge in [0, 0.05) is 12.6 Å². The third kappa shape index (κ3) is 3.53. The van der Waals surface area contributed by atoms with E-state index in [9.17, 15) is 4.79 Å². The summed E-state index contributed by atoms with van der Waals surface area (Å²) in [4.78, 5) is 22.1. The number of benzene rings is 1. The molecule has 22 heavy (non-hydrogen) atoms. The number of aromatic amines is 1. The summed E-state index contributed by atoms with van der Waals surface area (Å²) in [6, 6.07) is 5.31. The van der Waals surface area contributed by atoms with Crippen LogP contribution in [0.4, 0.5) is 5.95 Å². The van der Waals surface area contributed by atoms with Gasteiger partial charge in [0.15, 0.2) is 11.5 Å². The van der Waals surface area contributed by atoms with Gasteiger partial charge in [-0.25, -0.2) is 10.6 Å². The molecule has 0 saturated carbocycles. The van der Waals surface area contributed by atoms with Gasteiger partial charge in [-0.1, -0.05) is 0 Å². The number of H-pyrrole nitrogens is 1. The van der Waals surface area contributed by atoms with Crippen LogP contribution in [-0.2, 0) is 0 Å². The van der Waals surface area contributed by atoms with Gasteiger partial charge < -0.3 is 9.47 Å². The summed E-state index contributed by atoms with van der Waals surface area (Å²) >= 11 is 0. The Morgan fingerprint density at radius 3 is 2.50 bits per heavy atom. The third-order valence-electron chi connectivity index (χ3n) is 2.77. The van der Waals surface area contributed by atoms with Crippen molar-refractivity contribution in [3.05, 3.63) is 28.7 Å². The molecular weight excluding hydrogens is 286 g/mol. The largest absolute Gasteiger partial charge is 0.490 e. The van der Waals surface area contributed by atoms with Crippen molar-refractivity contribution in [2.75, 3.05) is 25.3 Å². The summed E-state index contributed by atoms with van der Waals surface area (Å²) in [7, 11) is 1.56. The molecule has 0 bridgehead atoms. The second-order valence-corrected chi connectivity index (χ2v) is 4.44. The van der Waals surface area contributed by atoms with Gasteiger partial charge in [0.2, 0.25) is 5.95 Å². The molecule has 0 atom stereocenters. The van der Waals surface area contributed by atoms with Crippen LogP contribution >= 0.6 is 0 Å². The van der Waals surface area contributed by atoms with Crippen molar-refractivity contribution in [3.63, 3.8) is 0 Å². The predicted octanol–water partition coefficient (Wildman–Crippen LogP) is 0.939. The van der Waals surface area contributed by atoms with E-state index in [0.717, 1.165) is 0 Å². The molecule has 0 spiro atoms. The number of ether oxygens (including phenoxy) is 2. The fourth-order valence-electron chi connectivity index (χ4n) is 1.87. The van der Waals surface area contributed by atoms with Gasteiger partial charge in [-0.2, -0.15) is 9.97 Å². The number of nitrogens with two attached hydrogens (primary N) is 1. The van der Waals surface area contributed by atoms with Crippen molar-refractivity contribution in [1.29, 1.82) is 0 Å². The van der Waals surface area contributed by atoms with Crippen LogP contribution in [0.2, 0.25) is 0 Å². The maximum absolute atomic E-state index is 11.6. The van der Waals surface area contributed by atoms with Crippen LogP contribution in [0.1, 0.15) is 13.8 Å². The number of hydrogen-bond acceptors (Lipinski definition) is 7. The molecule has 0 aliphatic carbocycles. The summed E-state index contributed by atoms with van der Waals surface area (Å²) < 4.78 is 11.1. The highest BCUT2D eigenvalue weighted by atomic mass is 16.5. The molecule has 0 fully saturated rings. The lowest BCUT2D eigenvalue weighted by Gasteiger charge is -2.13. The van der Waals surface area contributed by atoms with E-state index in [-0.39, 0.29) is 5.95 Å². The summed E-state index contributed by atoms with van der Waals surface area (Å²) in [6.07, 6.45) is 0. The monoisotopic (exact) mass is 305 g/mol. The zero-order chi connectivity index (χ0) is 16.1. The predicted molar refractivity (Wildman–Crippen MR) is 83.0 cm³/mol. The van der Waals surface area contributed by atoms with E-state index >= 15 is 0 Å². The van der Waals surface area contributed by atoms with Gasteiger partial charge in [-0.3, -0.25) is 9.99 Å². The first-order valence-corrected chi connectivity index (χ1v) is 6.92. The molecule has 118 valence electrons. The van der Waals surface area contributed by atoms with E-state index < -0.39 is 5.69 Å². The van der Waals surface area contributed by atoms with Crippen LogP contribution in [0.15, 0.2) is 23.0 Å². The van der Waals surface area contributed by atoms with Crippen molar-refractivity contribution < 1.29 is 9.47 Å². The fourth-order valence-corrected chi connectivity index (χ4v) is 1.87. The Balaban J connectivity index is 2.48. The molecule has 1 aromatic heterocycles. The lowest BCUT2D eigenvalue weighted by atomic mass is 10.2. The van der Waals surface area contributed by atoms with Gasteiger partial charge >= 0.3 is 5.69 Å². The van der Waals surface area contributed by atoms with Crippen molar-refractivity contribution >= 4 is 5.95 Å². The van der Waals surface area contributed by atoms with E-state index in [1.807, 2.05) is 13.8 Å². The highest BCUT2D eigenvalue weighted by molar-refractivity contribution is 5.61. The van der Waals surface area contributed by atoms with Crippen molar-refractivity contribution in [2.24, 2.45) is 5.84 Å². The summed E-state index contributed by atoms with van der Waals surface area (Å²) in [5.41, 5.74) is 0.152. The molecule has 8 heteroatoms. The Hall–Kier alpha value is -2.61. The van der Waals surface area contributed by atoms with Crippen molar-refractivity contribution in [2.45, 2.75) is 13.8 Å². The molecule has 0 aliphatic heterocycles. The van der Waals surface area contributed by atoms with E-state index in [0.29, 0.717) is 36.1 Å². The number of anilines is 1. The molecule has 0 saturated heterocycles. The minimum absolute atomic E-state index is 0.130. The Kier molecular flexibility index (Phi) is 4.95. The van der Waals surface area contributed by atoms with Crippen LogP contribution in [0.3, 0.4) is 0 Å². The number of hydrazine groups is 1.